The van der Waals surface area contributed by atoms with E-state index in [9.17, 15) is 0 Å². The molecule has 4 saturated carbocycles. The zero-order chi connectivity index (χ0) is 32.6. The third-order valence-electron chi connectivity index (χ3n) is 13.8. The molecule has 8 aromatic rings. The molecular weight excluding hydrogens is 601 g/mol. The summed E-state index contributed by atoms with van der Waals surface area (Å²) in [6, 6.07) is 55.8. The molecule has 50 heavy (non-hydrogen) atoms. The summed E-state index contributed by atoms with van der Waals surface area (Å²) in [6.45, 7) is 0. The molecule has 0 saturated heterocycles. The molecule has 0 N–H and O–H groups in total. The van der Waals surface area contributed by atoms with Crippen LogP contribution in [0, 0.1) is 23.7 Å². The van der Waals surface area contributed by atoms with E-state index in [1.165, 1.54) is 109 Å². The van der Waals surface area contributed by atoms with Gasteiger partial charge in [0.1, 0.15) is 0 Å². The molecule has 0 heterocycles. The van der Waals surface area contributed by atoms with E-state index in [0.29, 0.717) is 0 Å². The minimum Gasteiger partial charge on any atom is -0.0616 e. The van der Waals surface area contributed by atoms with Crippen LogP contribution in [0.25, 0.3) is 76.5 Å². The maximum absolute atomic E-state index is 2.69. The molecule has 8 aromatic carbocycles. The van der Waals surface area contributed by atoms with Crippen LogP contribution in [0.2, 0.25) is 0 Å². The molecule has 5 aliphatic carbocycles. The van der Waals surface area contributed by atoms with E-state index >= 15 is 0 Å². The average molecular weight is 639 g/mol. The molecule has 0 aliphatic heterocycles. The summed E-state index contributed by atoms with van der Waals surface area (Å²) in [6.07, 6.45) is 7.05. The lowest BCUT2D eigenvalue weighted by molar-refractivity contribution is -0.0393. The summed E-state index contributed by atoms with van der Waals surface area (Å²) in [5, 5.41) is 10.8. The van der Waals surface area contributed by atoms with Crippen LogP contribution in [0.3, 0.4) is 0 Å². The Labute approximate surface area is 293 Å². The fourth-order valence-electron chi connectivity index (χ4n) is 12.3. The van der Waals surface area contributed by atoms with Crippen molar-refractivity contribution in [2.75, 3.05) is 0 Å². The summed E-state index contributed by atoms with van der Waals surface area (Å²) in [4.78, 5) is 0. The van der Waals surface area contributed by atoms with Crippen LogP contribution in [-0.2, 0) is 5.41 Å². The fourth-order valence-corrected chi connectivity index (χ4v) is 12.3. The van der Waals surface area contributed by atoms with Gasteiger partial charge >= 0.3 is 0 Å². The van der Waals surface area contributed by atoms with Gasteiger partial charge in [-0.2, -0.15) is 0 Å². The van der Waals surface area contributed by atoms with E-state index in [1.54, 1.807) is 11.1 Å². The first-order valence-electron chi connectivity index (χ1n) is 18.9. The van der Waals surface area contributed by atoms with Crippen molar-refractivity contribution >= 4 is 43.1 Å². The molecule has 0 aromatic heterocycles. The van der Waals surface area contributed by atoms with E-state index in [4.69, 9.17) is 0 Å². The number of fused-ring (bicyclic) bond motifs is 8. The second kappa shape index (κ2) is 9.95. The van der Waals surface area contributed by atoms with E-state index in [2.05, 4.69) is 146 Å². The predicted octanol–water partition coefficient (Wildman–Crippen LogP) is 13.4. The highest BCUT2D eigenvalue weighted by atomic mass is 14.6. The van der Waals surface area contributed by atoms with Gasteiger partial charge in [-0.3, -0.25) is 0 Å². The Kier molecular flexibility index (Phi) is 5.49. The second-order valence-corrected chi connectivity index (χ2v) is 16.0. The molecule has 5 aliphatic rings. The maximum Gasteiger partial charge on any atom is 0.0278 e. The predicted molar refractivity (Wildman–Crippen MR) is 211 cm³/mol. The fraction of sp³-hybridized carbons (Fsp3) is 0.200. The minimum absolute atomic E-state index is 0.101. The molecule has 0 atom stereocenters. The Morgan fingerprint density at radius 3 is 1.56 bits per heavy atom. The highest BCUT2D eigenvalue weighted by Gasteiger charge is 2.62. The van der Waals surface area contributed by atoms with Gasteiger partial charge in [-0.15, -0.1) is 0 Å². The van der Waals surface area contributed by atoms with Crippen LogP contribution in [0.5, 0.6) is 0 Å². The summed E-state index contributed by atoms with van der Waals surface area (Å²) >= 11 is 0. The topological polar surface area (TPSA) is 0 Å². The number of hydrogen-bond donors (Lipinski definition) is 0. The van der Waals surface area contributed by atoms with Crippen molar-refractivity contribution in [2.24, 2.45) is 23.7 Å². The number of rotatable bonds is 2. The van der Waals surface area contributed by atoms with Gasteiger partial charge in [0.2, 0.25) is 0 Å². The first-order chi connectivity index (χ1) is 24.8. The molecule has 4 fully saturated rings. The van der Waals surface area contributed by atoms with E-state index in [0.717, 1.165) is 23.7 Å². The average Bonchev–Trinajstić information content (AvgIpc) is 3.46. The Bertz CT molecular complexity index is 2640. The molecule has 0 heteroatoms. The highest BCUT2D eigenvalue weighted by molar-refractivity contribution is 6.23. The first-order valence-corrected chi connectivity index (χ1v) is 18.9. The first kappa shape index (κ1) is 27.6. The molecule has 4 bridgehead atoms. The van der Waals surface area contributed by atoms with Crippen molar-refractivity contribution in [3.8, 4) is 33.4 Å². The summed E-state index contributed by atoms with van der Waals surface area (Å²) in [5.41, 5.74) is 11.8. The van der Waals surface area contributed by atoms with Crippen molar-refractivity contribution in [3.05, 3.63) is 157 Å². The lowest BCUT2D eigenvalue weighted by Crippen LogP contribution is -2.55. The molecule has 0 amide bonds. The van der Waals surface area contributed by atoms with Gasteiger partial charge in [0, 0.05) is 5.41 Å². The van der Waals surface area contributed by atoms with Crippen molar-refractivity contribution in [2.45, 2.75) is 37.5 Å². The van der Waals surface area contributed by atoms with Gasteiger partial charge in [0.05, 0.1) is 0 Å². The quantitative estimate of drug-likeness (QED) is 0.165. The monoisotopic (exact) mass is 638 g/mol. The molecule has 0 radical (unpaired) electrons. The van der Waals surface area contributed by atoms with Crippen LogP contribution in [0.15, 0.2) is 146 Å². The molecule has 0 nitrogen and oxygen atoms in total. The number of benzene rings is 8. The standard InChI is InChI=1S/C50H38/c1-3-13-37-32(10-1)12-9-19-40(37)48-43-17-7-5-15-41(43)47(42-16-6-8-18-44(42)48)34-21-22-39-45-23-20-33-11-2-4-14-38(33)49(45)50(46(39)29-34)35-25-30-24-31(27-35)28-36(50)26-30/h1-23,29-31,35-36H,24-28H2. The Morgan fingerprint density at radius 2 is 0.900 bits per heavy atom. The van der Waals surface area contributed by atoms with Crippen LogP contribution >= 0.6 is 0 Å². The Morgan fingerprint density at radius 1 is 0.380 bits per heavy atom. The molecule has 238 valence electrons. The third kappa shape index (κ3) is 3.47. The molecular formula is C50H38. The Balaban J connectivity index is 1.16. The van der Waals surface area contributed by atoms with Crippen molar-refractivity contribution < 1.29 is 0 Å². The normalized spacial score (nSPS) is 24.5. The van der Waals surface area contributed by atoms with Crippen molar-refractivity contribution in [3.63, 3.8) is 0 Å². The van der Waals surface area contributed by atoms with Gasteiger partial charge in [0.25, 0.3) is 0 Å². The SMILES string of the molecule is c1ccc2c(-c3c4ccccc4c(-c4ccc5c(c4)C4(c6c-5ccc5ccccc65)C5CC6CC(C5)CC4C6)c4ccccc34)cccc2c1. The largest absolute Gasteiger partial charge is 0.0616 e. The minimum atomic E-state index is 0.101. The summed E-state index contributed by atoms with van der Waals surface area (Å²) < 4.78 is 0. The zero-order valence-corrected chi connectivity index (χ0v) is 28.2. The van der Waals surface area contributed by atoms with Crippen LogP contribution in [-0.4, -0.2) is 0 Å². The third-order valence-corrected chi connectivity index (χ3v) is 13.8. The van der Waals surface area contributed by atoms with Crippen molar-refractivity contribution in [1.82, 2.24) is 0 Å². The Hall–Kier alpha value is -5.20. The molecule has 0 unspecified atom stereocenters. The van der Waals surface area contributed by atoms with Gasteiger partial charge in [-0.05, 0) is 149 Å². The van der Waals surface area contributed by atoms with Crippen LogP contribution in [0.1, 0.15) is 43.2 Å². The highest BCUT2D eigenvalue weighted by Crippen LogP contribution is 2.70. The van der Waals surface area contributed by atoms with Gasteiger partial charge < -0.3 is 0 Å². The molecule has 13 rings (SSSR count). The van der Waals surface area contributed by atoms with E-state index < -0.39 is 0 Å². The smallest absolute Gasteiger partial charge is 0.0278 e. The van der Waals surface area contributed by atoms with Gasteiger partial charge in [-0.25, -0.2) is 0 Å². The maximum atomic E-state index is 2.69. The summed E-state index contributed by atoms with van der Waals surface area (Å²) in [7, 11) is 0. The lowest BCUT2D eigenvalue weighted by atomic mass is 9.43. The summed E-state index contributed by atoms with van der Waals surface area (Å²) in [5.74, 6) is 3.29. The zero-order valence-electron chi connectivity index (χ0n) is 28.2. The molecule has 1 spiro atoms. The second-order valence-electron chi connectivity index (χ2n) is 16.0. The van der Waals surface area contributed by atoms with E-state index in [-0.39, 0.29) is 5.41 Å². The lowest BCUT2D eigenvalue weighted by Gasteiger charge is -2.61. The van der Waals surface area contributed by atoms with E-state index in [1.807, 2.05) is 0 Å². The van der Waals surface area contributed by atoms with Crippen molar-refractivity contribution in [1.29, 1.82) is 0 Å². The van der Waals surface area contributed by atoms with Crippen LogP contribution < -0.4 is 0 Å². The van der Waals surface area contributed by atoms with Crippen LogP contribution in [0.4, 0.5) is 0 Å². The van der Waals surface area contributed by atoms with Gasteiger partial charge in [-0.1, -0.05) is 140 Å². The van der Waals surface area contributed by atoms with Gasteiger partial charge in [0.15, 0.2) is 0 Å². The number of hydrogen-bond acceptors (Lipinski definition) is 0.